The second kappa shape index (κ2) is 8.47. The molecule has 3 rings (SSSR count). The molecule has 1 aromatic rings. The summed E-state index contributed by atoms with van der Waals surface area (Å²) in [7, 11) is 0. The lowest BCUT2D eigenvalue weighted by atomic mass is 9.82. The van der Waals surface area contributed by atoms with Crippen LogP contribution in [0.1, 0.15) is 32.1 Å². The number of halogens is 1. The predicted octanol–water partition coefficient (Wildman–Crippen LogP) is 3.71. The van der Waals surface area contributed by atoms with Gasteiger partial charge in [-0.1, -0.05) is 18.2 Å². The van der Waals surface area contributed by atoms with Crippen molar-refractivity contribution >= 4 is 11.6 Å². The molecule has 2 fully saturated rings. The summed E-state index contributed by atoms with van der Waals surface area (Å²) in [6.45, 7) is 3.53. The van der Waals surface area contributed by atoms with Gasteiger partial charge in [-0.15, -0.1) is 0 Å². The standard InChI is InChI=1S/C19H28FN3O/c20-15-19(9-13-24-14-10-19)16-21-18(23-11-5-2-6-12-23)22-17-7-3-1-4-8-17/h1,3-4,7-8H,2,5-6,9-16H2,(H,21,22). The fourth-order valence-corrected chi connectivity index (χ4v) is 3.36. The van der Waals surface area contributed by atoms with Gasteiger partial charge in [0.05, 0.1) is 13.2 Å². The molecule has 0 bridgehead atoms. The van der Waals surface area contributed by atoms with Crippen LogP contribution >= 0.6 is 0 Å². The Balaban J connectivity index is 1.74. The number of ether oxygens (including phenoxy) is 1. The Morgan fingerprint density at radius 1 is 1.12 bits per heavy atom. The Labute approximate surface area is 144 Å². The summed E-state index contributed by atoms with van der Waals surface area (Å²) in [4.78, 5) is 7.15. The topological polar surface area (TPSA) is 36.9 Å². The summed E-state index contributed by atoms with van der Waals surface area (Å²) in [6.07, 6.45) is 5.17. The zero-order valence-corrected chi connectivity index (χ0v) is 14.3. The average Bonchev–Trinajstić information content (AvgIpc) is 2.67. The third-order valence-electron chi connectivity index (χ3n) is 5.09. The van der Waals surface area contributed by atoms with Gasteiger partial charge >= 0.3 is 0 Å². The van der Waals surface area contributed by atoms with Crippen LogP contribution in [0.3, 0.4) is 0 Å². The number of para-hydroxylation sites is 1. The number of anilines is 1. The van der Waals surface area contributed by atoms with Crippen LogP contribution in [-0.4, -0.2) is 50.4 Å². The van der Waals surface area contributed by atoms with Crippen LogP contribution in [-0.2, 0) is 4.74 Å². The second-order valence-corrected chi connectivity index (χ2v) is 6.92. The minimum atomic E-state index is -0.350. The molecule has 0 spiro atoms. The van der Waals surface area contributed by atoms with E-state index in [1.54, 1.807) is 0 Å². The number of aliphatic imine (C=N–C) groups is 1. The fourth-order valence-electron chi connectivity index (χ4n) is 3.36. The summed E-state index contributed by atoms with van der Waals surface area (Å²) in [5.74, 6) is 0.889. The van der Waals surface area contributed by atoms with Crippen molar-refractivity contribution in [3.8, 4) is 0 Å². The highest BCUT2D eigenvalue weighted by molar-refractivity contribution is 5.93. The van der Waals surface area contributed by atoms with Gasteiger partial charge < -0.3 is 15.0 Å². The van der Waals surface area contributed by atoms with E-state index in [1.165, 1.54) is 19.3 Å². The van der Waals surface area contributed by atoms with Gasteiger partial charge in [-0.05, 0) is 44.2 Å². The van der Waals surface area contributed by atoms with E-state index >= 15 is 0 Å². The third-order valence-corrected chi connectivity index (χ3v) is 5.09. The molecule has 1 aromatic carbocycles. The van der Waals surface area contributed by atoms with Gasteiger partial charge in [0.1, 0.15) is 0 Å². The van der Waals surface area contributed by atoms with Crippen LogP contribution in [0.15, 0.2) is 35.3 Å². The first-order valence-corrected chi connectivity index (χ1v) is 9.07. The number of guanidine groups is 1. The van der Waals surface area contributed by atoms with Crippen LogP contribution < -0.4 is 5.32 Å². The fraction of sp³-hybridized carbons (Fsp3) is 0.632. The highest BCUT2D eigenvalue weighted by atomic mass is 19.1. The maximum absolute atomic E-state index is 13.7. The summed E-state index contributed by atoms with van der Waals surface area (Å²) in [5.41, 5.74) is 0.681. The first-order valence-electron chi connectivity index (χ1n) is 9.07. The van der Waals surface area contributed by atoms with E-state index in [-0.39, 0.29) is 12.1 Å². The van der Waals surface area contributed by atoms with Gasteiger partial charge in [-0.2, -0.15) is 0 Å². The van der Waals surface area contributed by atoms with Crippen molar-refractivity contribution in [3.63, 3.8) is 0 Å². The van der Waals surface area contributed by atoms with E-state index < -0.39 is 0 Å². The Hall–Kier alpha value is -1.62. The normalized spacial score (nSPS) is 21.5. The van der Waals surface area contributed by atoms with Gasteiger partial charge in [0.15, 0.2) is 5.96 Å². The van der Waals surface area contributed by atoms with Crippen molar-refractivity contribution in [1.82, 2.24) is 4.90 Å². The van der Waals surface area contributed by atoms with Crippen molar-refractivity contribution in [2.75, 3.05) is 44.8 Å². The van der Waals surface area contributed by atoms with E-state index in [0.717, 1.165) is 37.6 Å². The molecule has 0 aliphatic carbocycles. The molecular weight excluding hydrogens is 305 g/mol. The molecule has 2 aliphatic heterocycles. The molecule has 0 unspecified atom stereocenters. The number of likely N-dealkylation sites (tertiary alicyclic amines) is 1. The van der Waals surface area contributed by atoms with E-state index in [9.17, 15) is 4.39 Å². The summed E-state index contributed by atoms with van der Waals surface area (Å²) >= 11 is 0. The Morgan fingerprint density at radius 2 is 1.83 bits per heavy atom. The lowest BCUT2D eigenvalue weighted by Gasteiger charge is -2.35. The van der Waals surface area contributed by atoms with E-state index in [2.05, 4.69) is 10.2 Å². The lowest BCUT2D eigenvalue weighted by molar-refractivity contribution is 0.00684. The van der Waals surface area contributed by atoms with Crippen molar-refractivity contribution in [2.24, 2.45) is 10.4 Å². The molecule has 1 N–H and O–H groups in total. The molecule has 0 aromatic heterocycles. The second-order valence-electron chi connectivity index (χ2n) is 6.92. The Bertz CT molecular complexity index is 523. The molecular formula is C19H28FN3O. The summed E-state index contributed by atoms with van der Waals surface area (Å²) in [5, 5.41) is 3.45. The molecule has 0 amide bonds. The number of rotatable bonds is 4. The Kier molecular flexibility index (Phi) is 6.07. The predicted molar refractivity (Wildman–Crippen MR) is 96.3 cm³/mol. The lowest BCUT2D eigenvalue weighted by Crippen LogP contribution is -2.42. The van der Waals surface area contributed by atoms with Crippen LogP contribution in [0.5, 0.6) is 0 Å². The van der Waals surface area contributed by atoms with Crippen LogP contribution in [0.25, 0.3) is 0 Å². The molecule has 2 heterocycles. The van der Waals surface area contributed by atoms with Crippen LogP contribution in [0, 0.1) is 5.41 Å². The van der Waals surface area contributed by atoms with Gasteiger partial charge in [0.25, 0.3) is 0 Å². The molecule has 5 heteroatoms. The minimum Gasteiger partial charge on any atom is -0.381 e. The number of alkyl halides is 1. The number of benzene rings is 1. The zero-order valence-electron chi connectivity index (χ0n) is 14.3. The smallest absolute Gasteiger partial charge is 0.198 e. The number of nitrogens with zero attached hydrogens (tertiary/aromatic N) is 2. The van der Waals surface area contributed by atoms with E-state index in [4.69, 9.17) is 9.73 Å². The molecule has 24 heavy (non-hydrogen) atoms. The number of hydrogen-bond donors (Lipinski definition) is 1. The quantitative estimate of drug-likeness (QED) is 0.674. The first kappa shape index (κ1) is 17.2. The van der Waals surface area contributed by atoms with Crippen molar-refractivity contribution < 1.29 is 9.13 Å². The number of nitrogens with one attached hydrogen (secondary N) is 1. The highest BCUT2D eigenvalue weighted by Gasteiger charge is 2.33. The van der Waals surface area contributed by atoms with Crippen molar-refractivity contribution in [2.45, 2.75) is 32.1 Å². The molecule has 2 saturated heterocycles. The SMILES string of the molecule is FCC1(CN=C(Nc2ccccc2)N2CCCCC2)CCOCC1. The van der Waals surface area contributed by atoms with Gasteiger partial charge in [-0.3, -0.25) is 9.38 Å². The maximum Gasteiger partial charge on any atom is 0.198 e. The largest absolute Gasteiger partial charge is 0.381 e. The monoisotopic (exact) mass is 333 g/mol. The van der Waals surface area contributed by atoms with Crippen LogP contribution in [0.2, 0.25) is 0 Å². The van der Waals surface area contributed by atoms with Crippen LogP contribution in [0.4, 0.5) is 10.1 Å². The molecule has 2 aliphatic rings. The summed E-state index contributed by atoms with van der Waals surface area (Å²) in [6, 6.07) is 10.1. The van der Waals surface area contributed by atoms with Crippen molar-refractivity contribution in [1.29, 1.82) is 0 Å². The molecule has 0 atom stereocenters. The highest BCUT2D eigenvalue weighted by Crippen LogP contribution is 2.31. The van der Waals surface area contributed by atoms with Gasteiger partial charge in [-0.25, -0.2) is 0 Å². The average molecular weight is 333 g/mol. The molecule has 0 radical (unpaired) electrons. The first-order chi connectivity index (χ1) is 11.8. The molecule has 132 valence electrons. The van der Waals surface area contributed by atoms with E-state index in [1.807, 2.05) is 30.3 Å². The number of piperidine rings is 1. The van der Waals surface area contributed by atoms with Crippen molar-refractivity contribution in [3.05, 3.63) is 30.3 Å². The maximum atomic E-state index is 13.7. The third kappa shape index (κ3) is 4.47. The zero-order chi connectivity index (χ0) is 16.7. The number of hydrogen-bond acceptors (Lipinski definition) is 2. The van der Waals surface area contributed by atoms with Gasteiger partial charge in [0, 0.05) is 37.4 Å². The van der Waals surface area contributed by atoms with Gasteiger partial charge in [0.2, 0.25) is 0 Å². The Morgan fingerprint density at radius 3 is 2.50 bits per heavy atom. The van der Waals surface area contributed by atoms with E-state index in [0.29, 0.717) is 19.8 Å². The summed E-state index contributed by atoms with van der Waals surface area (Å²) < 4.78 is 19.1. The minimum absolute atomic E-state index is 0.321. The molecule has 4 nitrogen and oxygen atoms in total. The molecule has 0 saturated carbocycles.